The molecule has 2 rings (SSSR count). The third-order valence-corrected chi connectivity index (χ3v) is 4.20. The Labute approximate surface area is 144 Å². The summed E-state index contributed by atoms with van der Waals surface area (Å²) in [7, 11) is 1.76. The standard InChI is InChI=1S/C18H29FN4O/c1-14(13-23-6-8-24-9-7-23)11-21-18(20-3)22-12-16-4-5-17(19)15(2)10-16/h4-5,10,14H,6-9,11-13H2,1-3H3,(H2,20,21,22). The summed E-state index contributed by atoms with van der Waals surface area (Å²) in [5, 5.41) is 6.64. The van der Waals surface area contributed by atoms with Gasteiger partial charge in [-0.3, -0.25) is 9.89 Å². The lowest BCUT2D eigenvalue weighted by Crippen LogP contribution is -2.43. The highest BCUT2D eigenvalue weighted by Crippen LogP contribution is 2.09. The first kappa shape index (κ1) is 18.7. The number of benzene rings is 1. The molecule has 6 heteroatoms. The summed E-state index contributed by atoms with van der Waals surface area (Å²) in [5.41, 5.74) is 1.70. The summed E-state index contributed by atoms with van der Waals surface area (Å²) in [6, 6.07) is 5.16. The summed E-state index contributed by atoms with van der Waals surface area (Å²) in [6.07, 6.45) is 0. The highest BCUT2D eigenvalue weighted by molar-refractivity contribution is 5.79. The van der Waals surface area contributed by atoms with Gasteiger partial charge in [0.25, 0.3) is 0 Å². The summed E-state index contributed by atoms with van der Waals surface area (Å²) in [4.78, 5) is 6.69. The van der Waals surface area contributed by atoms with Crippen LogP contribution < -0.4 is 10.6 Å². The highest BCUT2D eigenvalue weighted by Gasteiger charge is 2.13. The number of rotatable bonds is 6. The van der Waals surface area contributed by atoms with E-state index in [0.717, 1.165) is 50.9 Å². The molecule has 1 aliphatic rings. The topological polar surface area (TPSA) is 48.9 Å². The molecule has 1 aliphatic heterocycles. The Kier molecular flexibility index (Phi) is 7.46. The molecule has 1 aromatic carbocycles. The van der Waals surface area contributed by atoms with Gasteiger partial charge in [-0.1, -0.05) is 19.1 Å². The molecule has 0 aromatic heterocycles. The molecular weight excluding hydrogens is 307 g/mol. The van der Waals surface area contributed by atoms with Crippen LogP contribution in [0.2, 0.25) is 0 Å². The van der Waals surface area contributed by atoms with E-state index in [1.807, 2.05) is 6.07 Å². The Balaban J connectivity index is 1.72. The molecule has 0 saturated carbocycles. The zero-order chi connectivity index (χ0) is 17.4. The van der Waals surface area contributed by atoms with Gasteiger partial charge in [-0.05, 0) is 30.0 Å². The Morgan fingerprint density at radius 2 is 2.08 bits per heavy atom. The molecule has 24 heavy (non-hydrogen) atoms. The second kappa shape index (κ2) is 9.59. The van der Waals surface area contributed by atoms with Gasteiger partial charge in [0.15, 0.2) is 5.96 Å². The number of aryl methyl sites for hydroxylation is 1. The van der Waals surface area contributed by atoms with Crippen LogP contribution in [0.3, 0.4) is 0 Å². The molecule has 0 bridgehead atoms. The maximum atomic E-state index is 13.3. The molecule has 1 atom stereocenters. The third kappa shape index (κ3) is 6.09. The van der Waals surface area contributed by atoms with Crippen LogP contribution in [-0.4, -0.2) is 57.3 Å². The lowest BCUT2D eigenvalue weighted by atomic mass is 10.1. The van der Waals surface area contributed by atoms with Gasteiger partial charge in [-0.25, -0.2) is 4.39 Å². The second-order valence-electron chi connectivity index (χ2n) is 6.41. The number of hydrogen-bond acceptors (Lipinski definition) is 3. The normalized spacial score (nSPS) is 17.6. The molecule has 1 unspecified atom stereocenters. The van der Waals surface area contributed by atoms with E-state index in [4.69, 9.17) is 4.74 Å². The van der Waals surface area contributed by atoms with Gasteiger partial charge in [0.2, 0.25) is 0 Å². The summed E-state index contributed by atoms with van der Waals surface area (Å²) >= 11 is 0. The van der Waals surface area contributed by atoms with E-state index in [9.17, 15) is 4.39 Å². The maximum absolute atomic E-state index is 13.3. The lowest BCUT2D eigenvalue weighted by molar-refractivity contribution is 0.0320. The van der Waals surface area contributed by atoms with Crippen molar-refractivity contribution in [3.63, 3.8) is 0 Å². The first-order chi connectivity index (χ1) is 11.6. The Morgan fingerprint density at radius 1 is 1.33 bits per heavy atom. The Bertz CT molecular complexity index is 544. The van der Waals surface area contributed by atoms with E-state index in [0.29, 0.717) is 18.0 Å². The first-order valence-corrected chi connectivity index (χ1v) is 8.58. The molecule has 134 valence electrons. The number of nitrogens with zero attached hydrogens (tertiary/aromatic N) is 2. The van der Waals surface area contributed by atoms with Crippen LogP contribution in [0.4, 0.5) is 4.39 Å². The van der Waals surface area contributed by atoms with Crippen molar-refractivity contribution in [2.75, 3.05) is 46.4 Å². The number of ether oxygens (including phenoxy) is 1. The molecule has 1 saturated heterocycles. The van der Waals surface area contributed by atoms with Crippen molar-refractivity contribution in [2.45, 2.75) is 20.4 Å². The minimum atomic E-state index is -0.168. The first-order valence-electron chi connectivity index (χ1n) is 8.58. The van der Waals surface area contributed by atoms with Crippen LogP contribution in [-0.2, 0) is 11.3 Å². The van der Waals surface area contributed by atoms with Gasteiger partial charge in [0.1, 0.15) is 5.82 Å². The fraction of sp³-hybridized carbons (Fsp3) is 0.611. The van der Waals surface area contributed by atoms with Gasteiger partial charge < -0.3 is 15.4 Å². The van der Waals surface area contributed by atoms with Gasteiger partial charge in [0, 0.05) is 39.8 Å². The lowest BCUT2D eigenvalue weighted by Gasteiger charge is -2.29. The van der Waals surface area contributed by atoms with Gasteiger partial charge in [-0.15, -0.1) is 0 Å². The third-order valence-electron chi connectivity index (χ3n) is 4.20. The van der Waals surface area contributed by atoms with E-state index >= 15 is 0 Å². The fourth-order valence-corrected chi connectivity index (χ4v) is 2.78. The van der Waals surface area contributed by atoms with E-state index < -0.39 is 0 Å². The van der Waals surface area contributed by atoms with Gasteiger partial charge in [0.05, 0.1) is 13.2 Å². The number of morpholine rings is 1. The Morgan fingerprint density at radius 3 is 2.75 bits per heavy atom. The van der Waals surface area contributed by atoms with Crippen LogP contribution in [0, 0.1) is 18.7 Å². The van der Waals surface area contributed by atoms with E-state index in [1.165, 1.54) is 6.07 Å². The monoisotopic (exact) mass is 336 g/mol. The minimum absolute atomic E-state index is 0.168. The van der Waals surface area contributed by atoms with Crippen molar-refractivity contribution in [3.8, 4) is 0 Å². The van der Waals surface area contributed by atoms with E-state index in [1.54, 1.807) is 20.0 Å². The largest absolute Gasteiger partial charge is 0.379 e. The number of hydrogen-bond donors (Lipinski definition) is 2. The van der Waals surface area contributed by atoms with E-state index in [-0.39, 0.29) is 5.82 Å². The van der Waals surface area contributed by atoms with Gasteiger partial charge in [-0.2, -0.15) is 0 Å². The molecular formula is C18H29FN4O. The van der Waals surface area contributed by atoms with Crippen molar-refractivity contribution in [1.29, 1.82) is 0 Å². The van der Waals surface area contributed by atoms with Crippen molar-refractivity contribution in [3.05, 3.63) is 35.1 Å². The zero-order valence-electron chi connectivity index (χ0n) is 14.9. The van der Waals surface area contributed by atoms with Crippen LogP contribution >= 0.6 is 0 Å². The average molecular weight is 336 g/mol. The molecule has 1 fully saturated rings. The molecule has 1 heterocycles. The molecule has 0 aliphatic carbocycles. The molecule has 0 amide bonds. The molecule has 5 nitrogen and oxygen atoms in total. The smallest absolute Gasteiger partial charge is 0.191 e. The highest BCUT2D eigenvalue weighted by atomic mass is 19.1. The van der Waals surface area contributed by atoms with Crippen molar-refractivity contribution >= 4 is 5.96 Å². The molecule has 0 radical (unpaired) electrons. The quantitative estimate of drug-likeness (QED) is 0.614. The SMILES string of the molecule is CN=C(NCc1ccc(F)c(C)c1)NCC(C)CN1CCOCC1. The summed E-state index contributed by atoms with van der Waals surface area (Å²) in [6.45, 7) is 10.3. The molecule has 2 N–H and O–H groups in total. The van der Waals surface area contributed by atoms with Crippen molar-refractivity contribution < 1.29 is 9.13 Å². The Hall–Kier alpha value is -1.66. The summed E-state index contributed by atoms with van der Waals surface area (Å²) in [5.74, 6) is 1.12. The van der Waals surface area contributed by atoms with Gasteiger partial charge >= 0.3 is 0 Å². The van der Waals surface area contributed by atoms with Crippen LogP contribution in [0.25, 0.3) is 0 Å². The second-order valence-corrected chi connectivity index (χ2v) is 6.41. The summed E-state index contributed by atoms with van der Waals surface area (Å²) < 4.78 is 18.7. The molecule has 1 aromatic rings. The van der Waals surface area contributed by atoms with Crippen LogP contribution in [0.15, 0.2) is 23.2 Å². The predicted octanol–water partition coefficient (Wildman–Crippen LogP) is 1.77. The van der Waals surface area contributed by atoms with Crippen LogP contribution in [0.5, 0.6) is 0 Å². The predicted molar refractivity (Wildman–Crippen MR) is 95.8 cm³/mol. The minimum Gasteiger partial charge on any atom is -0.379 e. The van der Waals surface area contributed by atoms with Crippen molar-refractivity contribution in [1.82, 2.24) is 15.5 Å². The molecule has 0 spiro atoms. The van der Waals surface area contributed by atoms with E-state index in [2.05, 4.69) is 27.4 Å². The van der Waals surface area contributed by atoms with Crippen LogP contribution in [0.1, 0.15) is 18.1 Å². The number of guanidine groups is 1. The fourth-order valence-electron chi connectivity index (χ4n) is 2.78. The average Bonchev–Trinajstić information content (AvgIpc) is 2.59. The maximum Gasteiger partial charge on any atom is 0.191 e. The number of aliphatic imine (C=N–C) groups is 1. The zero-order valence-corrected chi connectivity index (χ0v) is 14.9. The van der Waals surface area contributed by atoms with Crippen molar-refractivity contribution in [2.24, 2.45) is 10.9 Å². The number of halogens is 1. The number of nitrogens with one attached hydrogen (secondary N) is 2.